The van der Waals surface area contributed by atoms with Gasteiger partial charge in [-0.3, -0.25) is 14.4 Å². The molecule has 0 atom stereocenters. The number of nitrogens with zero attached hydrogens (tertiary/aromatic N) is 3. The van der Waals surface area contributed by atoms with Gasteiger partial charge in [0.05, 0.1) is 19.9 Å². The van der Waals surface area contributed by atoms with Crippen molar-refractivity contribution in [3.05, 3.63) is 46.5 Å². The second-order valence-electron chi connectivity index (χ2n) is 7.16. The lowest BCUT2D eigenvalue weighted by Gasteiger charge is -2.31. The highest BCUT2D eigenvalue weighted by atomic mass is 19.1. The summed E-state index contributed by atoms with van der Waals surface area (Å²) in [5.41, 5.74) is 0.0153. The minimum Gasteiger partial charge on any atom is -0.497 e. The molecule has 8 nitrogen and oxygen atoms in total. The van der Waals surface area contributed by atoms with Gasteiger partial charge in [-0.1, -0.05) is 0 Å². The Bertz CT molecular complexity index is 983. The Balaban J connectivity index is 1.68. The molecule has 0 radical (unpaired) electrons. The van der Waals surface area contributed by atoms with E-state index in [1.165, 1.54) is 38.5 Å². The van der Waals surface area contributed by atoms with Crippen molar-refractivity contribution in [3.63, 3.8) is 0 Å². The first-order valence-electron chi connectivity index (χ1n) is 9.68. The van der Waals surface area contributed by atoms with Crippen molar-refractivity contribution in [1.82, 2.24) is 14.7 Å². The number of esters is 1. The maximum absolute atomic E-state index is 14.3. The van der Waals surface area contributed by atoms with Gasteiger partial charge in [0.25, 0.3) is 5.56 Å². The molecule has 2 heterocycles. The van der Waals surface area contributed by atoms with Crippen LogP contribution in [0, 0.1) is 11.7 Å². The zero-order valence-corrected chi connectivity index (χ0v) is 17.0. The van der Waals surface area contributed by atoms with Crippen LogP contribution >= 0.6 is 0 Å². The molecule has 0 N–H and O–H groups in total. The molecule has 1 aromatic heterocycles. The van der Waals surface area contributed by atoms with Gasteiger partial charge in [0.2, 0.25) is 5.91 Å². The van der Waals surface area contributed by atoms with Crippen molar-refractivity contribution in [2.75, 3.05) is 27.3 Å². The van der Waals surface area contributed by atoms with E-state index < -0.39 is 11.4 Å². The molecular formula is C21H24FN3O5. The van der Waals surface area contributed by atoms with E-state index in [0.29, 0.717) is 38.1 Å². The maximum Gasteiger partial charge on any atom is 0.305 e. The molecule has 9 heteroatoms. The fraction of sp³-hybridized carbons (Fsp3) is 0.429. The summed E-state index contributed by atoms with van der Waals surface area (Å²) in [7, 11) is 2.80. The number of ether oxygens (including phenoxy) is 2. The van der Waals surface area contributed by atoms with E-state index in [-0.39, 0.29) is 35.6 Å². The summed E-state index contributed by atoms with van der Waals surface area (Å²) in [6, 6.07) is 7.03. The summed E-state index contributed by atoms with van der Waals surface area (Å²) < 4.78 is 25.1. The van der Waals surface area contributed by atoms with Gasteiger partial charge in [0.1, 0.15) is 18.1 Å². The summed E-state index contributed by atoms with van der Waals surface area (Å²) >= 11 is 0. The standard InChI is InChI=1S/C21H24FN3O5/c1-29-15-3-4-16(17(22)12-15)18-5-6-19(26)25(23-18)13-20(27)24-9-7-14(8-10-24)11-21(28)30-2/h3-6,12,14H,7-11,13H2,1-2H3. The Morgan fingerprint density at radius 2 is 1.90 bits per heavy atom. The SMILES string of the molecule is COC(=O)CC1CCN(C(=O)Cn2nc(-c3ccc(OC)cc3F)ccc2=O)CC1. The molecule has 1 fully saturated rings. The highest BCUT2D eigenvalue weighted by Crippen LogP contribution is 2.24. The van der Waals surface area contributed by atoms with Gasteiger partial charge >= 0.3 is 5.97 Å². The lowest BCUT2D eigenvalue weighted by Crippen LogP contribution is -2.42. The van der Waals surface area contributed by atoms with Crippen molar-refractivity contribution >= 4 is 11.9 Å². The molecule has 1 aromatic carbocycles. The molecule has 1 aliphatic heterocycles. The molecule has 1 aliphatic rings. The molecule has 0 aliphatic carbocycles. The van der Waals surface area contributed by atoms with E-state index in [4.69, 9.17) is 4.74 Å². The van der Waals surface area contributed by atoms with Gasteiger partial charge in [-0.25, -0.2) is 9.07 Å². The number of likely N-dealkylation sites (tertiary alicyclic amines) is 1. The minimum atomic E-state index is -0.536. The van der Waals surface area contributed by atoms with Crippen molar-refractivity contribution in [3.8, 4) is 17.0 Å². The normalized spacial score (nSPS) is 14.4. The van der Waals surface area contributed by atoms with E-state index in [2.05, 4.69) is 9.84 Å². The van der Waals surface area contributed by atoms with Crippen LogP contribution < -0.4 is 10.3 Å². The van der Waals surface area contributed by atoms with Gasteiger partial charge in [-0.05, 0) is 37.0 Å². The van der Waals surface area contributed by atoms with E-state index in [0.717, 1.165) is 4.68 Å². The quantitative estimate of drug-likeness (QED) is 0.667. The van der Waals surface area contributed by atoms with Gasteiger partial charge in [-0.2, -0.15) is 5.10 Å². The number of piperidine rings is 1. The average Bonchev–Trinajstić information content (AvgIpc) is 2.75. The van der Waals surface area contributed by atoms with Crippen LogP contribution in [-0.4, -0.2) is 53.9 Å². The number of aromatic nitrogens is 2. The number of amides is 1. The molecule has 0 saturated carbocycles. The van der Waals surface area contributed by atoms with Crippen LogP contribution in [0.15, 0.2) is 35.1 Å². The third kappa shape index (κ3) is 5.03. The van der Waals surface area contributed by atoms with Gasteiger partial charge < -0.3 is 14.4 Å². The highest BCUT2D eigenvalue weighted by molar-refractivity contribution is 5.76. The molecule has 1 saturated heterocycles. The van der Waals surface area contributed by atoms with Crippen LogP contribution in [0.4, 0.5) is 4.39 Å². The predicted octanol–water partition coefficient (Wildman–Crippen LogP) is 1.86. The summed E-state index contributed by atoms with van der Waals surface area (Å²) in [5.74, 6) is -0.475. The van der Waals surface area contributed by atoms with E-state index in [1.54, 1.807) is 11.0 Å². The fourth-order valence-electron chi connectivity index (χ4n) is 3.47. The largest absolute Gasteiger partial charge is 0.497 e. The van der Waals surface area contributed by atoms with Crippen molar-refractivity contribution < 1.29 is 23.5 Å². The van der Waals surface area contributed by atoms with Crippen molar-refractivity contribution in [2.24, 2.45) is 5.92 Å². The maximum atomic E-state index is 14.3. The van der Waals surface area contributed by atoms with Crippen molar-refractivity contribution in [2.45, 2.75) is 25.8 Å². The fourth-order valence-corrected chi connectivity index (χ4v) is 3.47. The Labute approximate surface area is 173 Å². The molecule has 2 aromatic rings. The monoisotopic (exact) mass is 417 g/mol. The third-order valence-electron chi connectivity index (χ3n) is 5.25. The van der Waals surface area contributed by atoms with Gasteiger partial charge in [0, 0.05) is 37.2 Å². The number of methoxy groups -OCH3 is 2. The summed E-state index contributed by atoms with van der Waals surface area (Å²) in [6.45, 7) is 0.774. The first kappa shape index (κ1) is 21.5. The second-order valence-corrected chi connectivity index (χ2v) is 7.16. The smallest absolute Gasteiger partial charge is 0.305 e. The number of halogens is 1. The third-order valence-corrected chi connectivity index (χ3v) is 5.25. The number of carbonyl (C=O) groups is 2. The van der Waals surface area contributed by atoms with Crippen LogP contribution in [0.5, 0.6) is 5.75 Å². The number of benzene rings is 1. The Morgan fingerprint density at radius 3 is 2.53 bits per heavy atom. The highest BCUT2D eigenvalue weighted by Gasteiger charge is 2.25. The molecule has 0 spiro atoms. The van der Waals surface area contributed by atoms with Crippen LogP contribution in [0.25, 0.3) is 11.3 Å². The molecule has 3 rings (SSSR count). The van der Waals surface area contributed by atoms with E-state index in [1.807, 2.05) is 0 Å². The Hall–Kier alpha value is -3.23. The van der Waals surface area contributed by atoms with Crippen LogP contribution in [0.1, 0.15) is 19.3 Å². The average molecular weight is 417 g/mol. The minimum absolute atomic E-state index is 0.184. The topological polar surface area (TPSA) is 90.7 Å². The number of hydrogen-bond donors (Lipinski definition) is 0. The van der Waals surface area contributed by atoms with Crippen LogP contribution in [0.3, 0.4) is 0 Å². The zero-order valence-electron chi connectivity index (χ0n) is 17.0. The van der Waals surface area contributed by atoms with Gasteiger partial charge in [-0.15, -0.1) is 0 Å². The van der Waals surface area contributed by atoms with E-state index >= 15 is 0 Å². The molecule has 0 unspecified atom stereocenters. The lowest BCUT2D eigenvalue weighted by molar-refractivity contribution is -0.142. The van der Waals surface area contributed by atoms with Crippen LogP contribution in [0.2, 0.25) is 0 Å². The number of hydrogen-bond acceptors (Lipinski definition) is 6. The Morgan fingerprint density at radius 1 is 1.17 bits per heavy atom. The molecule has 1 amide bonds. The first-order chi connectivity index (χ1) is 14.4. The first-order valence-corrected chi connectivity index (χ1v) is 9.68. The van der Waals surface area contributed by atoms with Crippen LogP contribution in [-0.2, 0) is 20.9 Å². The Kier molecular flexibility index (Phi) is 6.81. The summed E-state index contributed by atoms with van der Waals surface area (Å²) in [4.78, 5) is 37.9. The number of rotatable bonds is 6. The predicted molar refractivity (Wildman–Crippen MR) is 106 cm³/mol. The summed E-state index contributed by atoms with van der Waals surface area (Å²) in [6.07, 6.45) is 1.73. The molecule has 0 bridgehead atoms. The summed E-state index contributed by atoms with van der Waals surface area (Å²) in [5, 5.41) is 4.17. The zero-order chi connectivity index (χ0) is 21.7. The number of carbonyl (C=O) groups excluding carboxylic acids is 2. The van der Waals surface area contributed by atoms with Gasteiger partial charge in [0.15, 0.2) is 0 Å². The lowest BCUT2D eigenvalue weighted by atomic mass is 9.93. The van der Waals surface area contributed by atoms with Crippen molar-refractivity contribution in [1.29, 1.82) is 0 Å². The second kappa shape index (κ2) is 9.51. The molecule has 160 valence electrons. The molecule has 30 heavy (non-hydrogen) atoms. The molecular weight excluding hydrogens is 393 g/mol. The van der Waals surface area contributed by atoms with E-state index in [9.17, 15) is 18.8 Å².